The molecule has 0 atom stereocenters. The molecule has 2 aromatic rings. The molecule has 3 rings (SSSR count). The highest BCUT2D eigenvalue weighted by Gasteiger charge is 2.19. The van der Waals surface area contributed by atoms with E-state index in [1.54, 1.807) is 12.3 Å². The van der Waals surface area contributed by atoms with Gasteiger partial charge in [0.2, 0.25) is 10.0 Å². The molecule has 1 aliphatic rings. The summed E-state index contributed by atoms with van der Waals surface area (Å²) in [5, 5.41) is 0.730. The van der Waals surface area contributed by atoms with Crippen LogP contribution < -0.4 is 14.2 Å². The number of nitrogens with one attached hydrogen (secondary N) is 1. The fourth-order valence-electron chi connectivity index (χ4n) is 1.91. The van der Waals surface area contributed by atoms with Gasteiger partial charge in [-0.15, -0.1) is 11.3 Å². The van der Waals surface area contributed by atoms with Crippen molar-refractivity contribution in [2.24, 2.45) is 0 Å². The molecular weight excluding hydrogens is 312 g/mol. The monoisotopic (exact) mass is 326 g/mol. The molecule has 0 aliphatic carbocycles. The van der Waals surface area contributed by atoms with Gasteiger partial charge in [-0.2, -0.15) is 0 Å². The lowest BCUT2D eigenvalue weighted by molar-refractivity contribution is 0.171. The Bertz CT molecular complexity index is 755. The highest BCUT2D eigenvalue weighted by molar-refractivity contribution is 7.89. The molecule has 0 spiro atoms. The Kier molecular flexibility index (Phi) is 3.83. The van der Waals surface area contributed by atoms with E-state index in [2.05, 4.69) is 9.71 Å². The first kappa shape index (κ1) is 14.3. The normalized spacial score (nSPS) is 14.1. The maximum atomic E-state index is 12.3. The summed E-state index contributed by atoms with van der Waals surface area (Å²) in [5.41, 5.74) is 0. The topological polar surface area (TPSA) is 77.5 Å². The molecule has 0 saturated carbocycles. The molecule has 0 amide bonds. The van der Waals surface area contributed by atoms with Crippen LogP contribution >= 0.6 is 11.3 Å². The number of hydrogen-bond donors (Lipinski definition) is 1. The molecular formula is C13H14N2O4S2. The van der Waals surface area contributed by atoms with Crippen LogP contribution in [0.2, 0.25) is 0 Å². The van der Waals surface area contributed by atoms with E-state index in [1.807, 2.05) is 6.92 Å². The molecule has 1 aliphatic heterocycles. The Labute approximate surface area is 126 Å². The van der Waals surface area contributed by atoms with E-state index in [0.29, 0.717) is 24.7 Å². The highest BCUT2D eigenvalue weighted by Crippen LogP contribution is 2.32. The summed E-state index contributed by atoms with van der Waals surface area (Å²) in [6, 6.07) is 4.59. The van der Waals surface area contributed by atoms with Crippen LogP contribution in [0.15, 0.2) is 29.3 Å². The molecule has 0 unspecified atom stereocenters. The maximum absolute atomic E-state index is 12.3. The highest BCUT2D eigenvalue weighted by atomic mass is 32.2. The van der Waals surface area contributed by atoms with Crippen LogP contribution in [0.1, 0.15) is 9.88 Å². The average Bonchev–Trinajstić information content (AvgIpc) is 2.90. The zero-order chi connectivity index (χ0) is 14.9. The number of sulfonamides is 1. The summed E-state index contributed by atoms with van der Waals surface area (Å²) in [6.07, 6.45) is 1.72. The Morgan fingerprint density at radius 2 is 2.05 bits per heavy atom. The van der Waals surface area contributed by atoms with Crippen LogP contribution in [0.25, 0.3) is 0 Å². The SMILES string of the molecule is Cc1cnc(CNS(=O)(=O)c2ccc3c(c2)OCCO3)s1. The quantitative estimate of drug-likeness (QED) is 0.925. The van der Waals surface area contributed by atoms with Crippen LogP contribution in [0, 0.1) is 6.92 Å². The third-order valence-corrected chi connectivity index (χ3v) is 5.22. The maximum Gasteiger partial charge on any atom is 0.241 e. The first-order valence-electron chi connectivity index (χ1n) is 6.35. The largest absolute Gasteiger partial charge is 0.486 e. The van der Waals surface area contributed by atoms with Crippen molar-refractivity contribution in [2.45, 2.75) is 18.4 Å². The molecule has 0 fully saturated rings. The Hall–Kier alpha value is -1.64. The number of benzene rings is 1. The first-order valence-corrected chi connectivity index (χ1v) is 8.65. The standard InChI is InChI=1S/C13H14N2O4S2/c1-9-7-14-13(20-9)8-15-21(16,17)10-2-3-11-12(6-10)19-5-4-18-11/h2-3,6-7,15H,4-5,8H2,1H3. The molecule has 8 heteroatoms. The third-order valence-electron chi connectivity index (χ3n) is 2.91. The van der Waals surface area contributed by atoms with Gasteiger partial charge >= 0.3 is 0 Å². The number of ether oxygens (including phenoxy) is 2. The Balaban J connectivity index is 1.78. The fourth-order valence-corrected chi connectivity index (χ4v) is 3.74. The molecule has 1 aromatic heterocycles. The van der Waals surface area contributed by atoms with Crippen molar-refractivity contribution in [3.63, 3.8) is 0 Å². The summed E-state index contributed by atoms with van der Waals surface area (Å²) in [4.78, 5) is 5.33. The lowest BCUT2D eigenvalue weighted by Crippen LogP contribution is -2.23. The Morgan fingerprint density at radius 1 is 1.29 bits per heavy atom. The molecule has 1 aromatic carbocycles. The second kappa shape index (κ2) is 5.63. The van der Waals surface area contributed by atoms with E-state index >= 15 is 0 Å². The molecule has 21 heavy (non-hydrogen) atoms. The average molecular weight is 326 g/mol. The molecule has 112 valence electrons. The first-order chi connectivity index (χ1) is 10.0. The number of rotatable bonds is 4. The molecule has 0 bridgehead atoms. The number of thiazole rings is 1. The van der Waals surface area contributed by atoms with Gasteiger partial charge in [-0.05, 0) is 19.1 Å². The summed E-state index contributed by atoms with van der Waals surface area (Å²) < 4.78 is 37.8. The summed E-state index contributed by atoms with van der Waals surface area (Å²) >= 11 is 1.46. The van der Waals surface area contributed by atoms with E-state index in [0.717, 1.165) is 9.88 Å². The zero-order valence-electron chi connectivity index (χ0n) is 11.3. The van der Waals surface area contributed by atoms with Crippen LogP contribution in [0.4, 0.5) is 0 Å². The van der Waals surface area contributed by atoms with Crippen molar-refractivity contribution in [1.82, 2.24) is 9.71 Å². The minimum atomic E-state index is -3.60. The predicted molar refractivity (Wildman–Crippen MR) is 78.3 cm³/mol. The smallest absolute Gasteiger partial charge is 0.241 e. The van der Waals surface area contributed by atoms with Gasteiger partial charge in [-0.3, -0.25) is 0 Å². The minimum Gasteiger partial charge on any atom is -0.486 e. The van der Waals surface area contributed by atoms with E-state index in [-0.39, 0.29) is 11.4 Å². The lowest BCUT2D eigenvalue weighted by atomic mass is 10.3. The van der Waals surface area contributed by atoms with Gasteiger partial charge in [0.05, 0.1) is 11.4 Å². The van der Waals surface area contributed by atoms with E-state index in [4.69, 9.17) is 9.47 Å². The van der Waals surface area contributed by atoms with Crippen LogP contribution in [0.5, 0.6) is 11.5 Å². The van der Waals surface area contributed by atoms with Crippen LogP contribution in [-0.4, -0.2) is 26.6 Å². The van der Waals surface area contributed by atoms with E-state index in [9.17, 15) is 8.42 Å². The van der Waals surface area contributed by atoms with Crippen LogP contribution in [-0.2, 0) is 16.6 Å². The molecule has 6 nitrogen and oxygen atoms in total. The lowest BCUT2D eigenvalue weighted by Gasteiger charge is -2.18. The van der Waals surface area contributed by atoms with Crippen molar-refractivity contribution >= 4 is 21.4 Å². The van der Waals surface area contributed by atoms with Gasteiger partial charge < -0.3 is 9.47 Å². The minimum absolute atomic E-state index is 0.153. The molecule has 2 heterocycles. The van der Waals surface area contributed by atoms with Crippen molar-refractivity contribution in [3.8, 4) is 11.5 Å². The molecule has 1 N–H and O–H groups in total. The van der Waals surface area contributed by atoms with Gasteiger partial charge in [-0.25, -0.2) is 18.1 Å². The fraction of sp³-hybridized carbons (Fsp3) is 0.308. The number of fused-ring (bicyclic) bond motifs is 1. The van der Waals surface area contributed by atoms with Gasteiger partial charge in [0.25, 0.3) is 0 Å². The van der Waals surface area contributed by atoms with Crippen molar-refractivity contribution in [2.75, 3.05) is 13.2 Å². The molecule has 0 saturated heterocycles. The number of aromatic nitrogens is 1. The summed E-state index contributed by atoms with van der Waals surface area (Å²) in [5.74, 6) is 1.02. The van der Waals surface area contributed by atoms with Gasteiger partial charge in [0, 0.05) is 17.1 Å². The predicted octanol–water partition coefficient (Wildman–Crippen LogP) is 1.70. The van der Waals surface area contributed by atoms with Crippen molar-refractivity contribution < 1.29 is 17.9 Å². The van der Waals surface area contributed by atoms with Crippen molar-refractivity contribution in [3.05, 3.63) is 34.3 Å². The third kappa shape index (κ3) is 3.17. The zero-order valence-corrected chi connectivity index (χ0v) is 13.0. The number of nitrogens with zero attached hydrogens (tertiary/aromatic N) is 1. The summed E-state index contributed by atoms with van der Waals surface area (Å²) in [6.45, 7) is 2.99. The van der Waals surface area contributed by atoms with Gasteiger partial charge in [-0.1, -0.05) is 0 Å². The number of hydrogen-bond acceptors (Lipinski definition) is 6. The van der Waals surface area contributed by atoms with Gasteiger partial charge in [0.15, 0.2) is 11.5 Å². The van der Waals surface area contributed by atoms with Crippen LogP contribution in [0.3, 0.4) is 0 Å². The van der Waals surface area contributed by atoms with E-state index in [1.165, 1.54) is 23.5 Å². The number of aryl methyl sites for hydroxylation is 1. The second-order valence-electron chi connectivity index (χ2n) is 4.49. The molecule has 0 radical (unpaired) electrons. The second-order valence-corrected chi connectivity index (χ2v) is 7.58. The Morgan fingerprint density at radius 3 is 2.76 bits per heavy atom. The van der Waals surface area contributed by atoms with Crippen molar-refractivity contribution in [1.29, 1.82) is 0 Å². The summed E-state index contributed by atoms with van der Waals surface area (Å²) in [7, 11) is -3.60. The van der Waals surface area contributed by atoms with E-state index < -0.39 is 10.0 Å². The van der Waals surface area contributed by atoms with Gasteiger partial charge in [0.1, 0.15) is 18.2 Å².